The monoisotopic (exact) mass is 501 g/mol. The van der Waals surface area contributed by atoms with Crippen LogP contribution in [0.1, 0.15) is 44.1 Å². The Kier molecular flexibility index (Phi) is 8.46. The average molecular weight is 501 g/mol. The number of hydrogen-bond acceptors (Lipinski definition) is 4. The molecule has 2 saturated carbocycles. The van der Waals surface area contributed by atoms with Gasteiger partial charge in [0.25, 0.3) is 5.69 Å². The third kappa shape index (κ3) is 6.61. The Bertz CT molecular complexity index is 723. The van der Waals surface area contributed by atoms with Gasteiger partial charge in [-0.05, 0) is 37.7 Å². The quantitative estimate of drug-likeness (QED) is 0.183. The summed E-state index contributed by atoms with van der Waals surface area (Å²) in [7, 11) is 1.70. The molecule has 2 aliphatic rings. The third-order valence-electron chi connectivity index (χ3n) is 5.11. The van der Waals surface area contributed by atoms with Crippen LogP contribution < -0.4 is 16.0 Å². The van der Waals surface area contributed by atoms with Crippen molar-refractivity contribution in [2.24, 2.45) is 10.9 Å². The first kappa shape index (κ1) is 22.4. The standard InChI is InChI=1S/C19H27N5O3.HI/c1-20-19(21-12-13-4-2-7-17(10-13)24(26)27)23-16-6-3-5-14(11-16)18(25)22-15-8-9-15;/h2,4,7,10,14-16H,3,5-6,8-9,11-12H2,1H3,(H,22,25)(H2,20,21,23);1H. The fraction of sp³-hybridized carbons (Fsp3) is 0.579. The summed E-state index contributed by atoms with van der Waals surface area (Å²) in [5, 5.41) is 20.6. The second-order valence-corrected chi connectivity index (χ2v) is 7.34. The highest BCUT2D eigenvalue weighted by molar-refractivity contribution is 14.0. The lowest BCUT2D eigenvalue weighted by Gasteiger charge is -2.30. The number of aliphatic imine (C=N–C) groups is 1. The van der Waals surface area contributed by atoms with Crippen molar-refractivity contribution >= 4 is 41.5 Å². The van der Waals surface area contributed by atoms with Crippen LogP contribution in [0.2, 0.25) is 0 Å². The first-order chi connectivity index (χ1) is 13.0. The second kappa shape index (κ2) is 10.6. The molecule has 3 N–H and O–H groups in total. The van der Waals surface area contributed by atoms with Crippen molar-refractivity contribution in [3.8, 4) is 0 Å². The summed E-state index contributed by atoms with van der Waals surface area (Å²) in [6.45, 7) is 0.444. The number of carbonyl (C=O) groups is 1. The molecule has 0 heterocycles. The molecule has 0 bridgehead atoms. The molecule has 154 valence electrons. The Morgan fingerprint density at radius 3 is 2.68 bits per heavy atom. The van der Waals surface area contributed by atoms with E-state index >= 15 is 0 Å². The summed E-state index contributed by atoms with van der Waals surface area (Å²) >= 11 is 0. The molecular weight excluding hydrogens is 473 g/mol. The average Bonchev–Trinajstić information content (AvgIpc) is 3.49. The minimum absolute atomic E-state index is 0. The fourth-order valence-electron chi connectivity index (χ4n) is 3.46. The number of nitrogens with one attached hydrogen (secondary N) is 3. The molecular formula is C19H28IN5O3. The van der Waals surface area contributed by atoms with E-state index in [0.717, 1.165) is 44.1 Å². The second-order valence-electron chi connectivity index (χ2n) is 7.34. The van der Waals surface area contributed by atoms with Gasteiger partial charge in [-0.1, -0.05) is 18.6 Å². The van der Waals surface area contributed by atoms with E-state index in [-0.39, 0.29) is 47.5 Å². The van der Waals surface area contributed by atoms with E-state index in [2.05, 4.69) is 20.9 Å². The van der Waals surface area contributed by atoms with E-state index in [0.29, 0.717) is 18.5 Å². The van der Waals surface area contributed by atoms with Crippen LogP contribution in [0, 0.1) is 16.0 Å². The van der Waals surface area contributed by atoms with Crippen LogP contribution in [0.5, 0.6) is 0 Å². The third-order valence-corrected chi connectivity index (χ3v) is 5.11. The molecule has 0 saturated heterocycles. The maximum absolute atomic E-state index is 12.3. The summed E-state index contributed by atoms with van der Waals surface area (Å²) in [6, 6.07) is 7.15. The molecule has 0 aliphatic heterocycles. The summed E-state index contributed by atoms with van der Waals surface area (Å²) in [4.78, 5) is 27.0. The molecule has 0 aromatic heterocycles. The topological polar surface area (TPSA) is 109 Å². The molecule has 1 aromatic rings. The molecule has 2 fully saturated rings. The number of rotatable bonds is 6. The van der Waals surface area contributed by atoms with Gasteiger partial charge in [0.1, 0.15) is 0 Å². The zero-order valence-electron chi connectivity index (χ0n) is 16.0. The Morgan fingerprint density at radius 2 is 2.00 bits per heavy atom. The van der Waals surface area contributed by atoms with Gasteiger partial charge in [-0.25, -0.2) is 0 Å². The Morgan fingerprint density at radius 1 is 1.21 bits per heavy atom. The van der Waals surface area contributed by atoms with Crippen molar-refractivity contribution in [2.75, 3.05) is 7.05 Å². The Hall–Kier alpha value is -1.91. The van der Waals surface area contributed by atoms with Crippen LogP contribution >= 0.6 is 24.0 Å². The lowest BCUT2D eigenvalue weighted by molar-refractivity contribution is -0.384. The van der Waals surface area contributed by atoms with Crippen LogP contribution in [0.15, 0.2) is 29.3 Å². The number of benzene rings is 1. The van der Waals surface area contributed by atoms with Crippen molar-refractivity contribution in [3.05, 3.63) is 39.9 Å². The highest BCUT2D eigenvalue weighted by atomic mass is 127. The fourth-order valence-corrected chi connectivity index (χ4v) is 3.46. The van der Waals surface area contributed by atoms with Crippen molar-refractivity contribution in [1.29, 1.82) is 0 Å². The largest absolute Gasteiger partial charge is 0.354 e. The van der Waals surface area contributed by atoms with Crippen molar-refractivity contribution in [1.82, 2.24) is 16.0 Å². The number of nitro groups is 1. The molecule has 1 amide bonds. The number of non-ortho nitro benzene ring substituents is 1. The van der Waals surface area contributed by atoms with Gasteiger partial charge in [0.15, 0.2) is 5.96 Å². The van der Waals surface area contributed by atoms with Crippen LogP contribution in [0.3, 0.4) is 0 Å². The molecule has 2 unspecified atom stereocenters. The van der Waals surface area contributed by atoms with Crippen LogP contribution in [0.25, 0.3) is 0 Å². The highest BCUT2D eigenvalue weighted by Gasteiger charge is 2.31. The first-order valence-electron chi connectivity index (χ1n) is 9.56. The number of hydrogen-bond donors (Lipinski definition) is 3. The van der Waals surface area contributed by atoms with Crippen molar-refractivity contribution < 1.29 is 9.72 Å². The predicted octanol–water partition coefficient (Wildman–Crippen LogP) is 2.72. The number of carbonyl (C=O) groups excluding carboxylic acids is 1. The van der Waals surface area contributed by atoms with E-state index in [1.165, 1.54) is 6.07 Å². The number of halogens is 1. The van der Waals surface area contributed by atoms with Gasteiger partial charge in [0.05, 0.1) is 4.92 Å². The lowest BCUT2D eigenvalue weighted by atomic mass is 9.85. The van der Waals surface area contributed by atoms with E-state index in [1.54, 1.807) is 19.2 Å². The minimum Gasteiger partial charge on any atom is -0.354 e. The van der Waals surface area contributed by atoms with Gasteiger partial charge >= 0.3 is 0 Å². The Balaban J connectivity index is 0.00000280. The molecule has 8 nitrogen and oxygen atoms in total. The number of nitro benzene ring substituents is 1. The molecule has 3 rings (SSSR count). The zero-order valence-corrected chi connectivity index (χ0v) is 18.3. The van der Waals surface area contributed by atoms with Crippen LogP contribution in [-0.2, 0) is 11.3 Å². The minimum atomic E-state index is -0.397. The van der Waals surface area contributed by atoms with Crippen LogP contribution in [0.4, 0.5) is 5.69 Å². The summed E-state index contributed by atoms with van der Waals surface area (Å²) in [5.74, 6) is 0.894. The van der Waals surface area contributed by atoms with Gasteiger partial charge < -0.3 is 16.0 Å². The SMILES string of the molecule is CN=C(NCc1cccc([N+](=O)[O-])c1)NC1CCCC(C(=O)NC2CC2)C1.I. The smallest absolute Gasteiger partial charge is 0.269 e. The number of amides is 1. The van der Waals surface area contributed by atoms with E-state index in [4.69, 9.17) is 0 Å². The molecule has 2 atom stereocenters. The lowest BCUT2D eigenvalue weighted by Crippen LogP contribution is -2.47. The van der Waals surface area contributed by atoms with E-state index in [1.807, 2.05) is 6.07 Å². The van der Waals surface area contributed by atoms with Gasteiger partial charge in [0.2, 0.25) is 5.91 Å². The summed E-state index contributed by atoms with van der Waals surface area (Å²) < 4.78 is 0. The molecule has 2 aliphatic carbocycles. The highest BCUT2D eigenvalue weighted by Crippen LogP contribution is 2.26. The number of nitrogens with zero attached hydrogens (tertiary/aromatic N) is 2. The summed E-state index contributed by atoms with van der Waals surface area (Å²) in [6.07, 6.45) is 5.97. The maximum Gasteiger partial charge on any atom is 0.269 e. The molecule has 28 heavy (non-hydrogen) atoms. The Labute approximate surface area is 182 Å². The van der Waals surface area contributed by atoms with Gasteiger partial charge in [-0.2, -0.15) is 0 Å². The molecule has 0 spiro atoms. The maximum atomic E-state index is 12.3. The molecule has 9 heteroatoms. The van der Waals surface area contributed by atoms with Gasteiger partial charge in [-0.3, -0.25) is 19.9 Å². The predicted molar refractivity (Wildman–Crippen MR) is 119 cm³/mol. The van der Waals surface area contributed by atoms with Crippen molar-refractivity contribution in [3.63, 3.8) is 0 Å². The van der Waals surface area contributed by atoms with Crippen LogP contribution in [-0.4, -0.2) is 35.9 Å². The van der Waals surface area contributed by atoms with Gasteiger partial charge in [-0.15, -0.1) is 24.0 Å². The van der Waals surface area contributed by atoms with Gasteiger partial charge in [0, 0.05) is 43.7 Å². The van der Waals surface area contributed by atoms with E-state index < -0.39 is 4.92 Å². The van der Waals surface area contributed by atoms with E-state index in [9.17, 15) is 14.9 Å². The first-order valence-corrected chi connectivity index (χ1v) is 9.56. The normalized spacial score (nSPS) is 22.0. The molecule has 1 aromatic carbocycles. The number of guanidine groups is 1. The summed E-state index contributed by atoms with van der Waals surface area (Å²) in [5.41, 5.74) is 0.895. The molecule has 0 radical (unpaired) electrons. The van der Waals surface area contributed by atoms with Crippen molar-refractivity contribution in [2.45, 2.75) is 57.2 Å². The zero-order chi connectivity index (χ0) is 19.2.